The molecule has 0 fully saturated rings. The average Bonchev–Trinajstić information content (AvgIpc) is 2.24. The summed E-state index contributed by atoms with van der Waals surface area (Å²) in [4.78, 5) is 0.111. The molecule has 0 aliphatic rings. The molecular weight excluding hydrogens is 272 g/mol. The standard InChI is InChI=1S/C13H19ClO3S/c1-9(2)13(17-10(3)4)11-5-7-12(8-6-11)18(14,15)16/h5-10,13H,1-4H3. The number of benzene rings is 1. The first-order chi connectivity index (χ1) is 8.21. The Morgan fingerprint density at radius 3 is 1.89 bits per heavy atom. The van der Waals surface area contributed by atoms with Crippen LogP contribution in [-0.2, 0) is 13.8 Å². The van der Waals surface area contributed by atoms with Crippen LogP contribution in [0.1, 0.15) is 39.4 Å². The minimum atomic E-state index is -3.66. The number of hydrogen-bond acceptors (Lipinski definition) is 3. The van der Waals surface area contributed by atoms with Crippen molar-refractivity contribution in [1.82, 2.24) is 0 Å². The molecule has 0 heterocycles. The third-order valence-corrected chi connectivity index (χ3v) is 3.88. The molecule has 0 spiro atoms. The van der Waals surface area contributed by atoms with E-state index in [0.29, 0.717) is 5.92 Å². The van der Waals surface area contributed by atoms with Gasteiger partial charge in [0.15, 0.2) is 0 Å². The molecule has 1 rings (SSSR count). The largest absolute Gasteiger partial charge is 0.371 e. The van der Waals surface area contributed by atoms with Crippen LogP contribution >= 0.6 is 10.7 Å². The van der Waals surface area contributed by atoms with Gasteiger partial charge in [-0.3, -0.25) is 0 Å². The summed E-state index contributed by atoms with van der Waals surface area (Å²) in [6.45, 7) is 8.10. The maximum atomic E-state index is 11.2. The van der Waals surface area contributed by atoms with Crippen molar-refractivity contribution in [1.29, 1.82) is 0 Å². The van der Waals surface area contributed by atoms with Crippen LogP contribution < -0.4 is 0 Å². The molecule has 0 saturated carbocycles. The second kappa shape index (κ2) is 6.04. The van der Waals surface area contributed by atoms with Crippen molar-refractivity contribution in [3.8, 4) is 0 Å². The van der Waals surface area contributed by atoms with Crippen LogP contribution in [0, 0.1) is 5.92 Å². The van der Waals surface area contributed by atoms with Crippen LogP contribution in [0.2, 0.25) is 0 Å². The maximum Gasteiger partial charge on any atom is 0.261 e. The zero-order valence-corrected chi connectivity index (χ0v) is 12.6. The summed E-state index contributed by atoms with van der Waals surface area (Å²) in [6.07, 6.45) is 0.0749. The van der Waals surface area contributed by atoms with Gasteiger partial charge in [0.2, 0.25) is 0 Å². The highest BCUT2D eigenvalue weighted by molar-refractivity contribution is 8.13. The fraction of sp³-hybridized carbons (Fsp3) is 0.538. The topological polar surface area (TPSA) is 43.4 Å². The van der Waals surface area contributed by atoms with E-state index in [1.807, 2.05) is 13.8 Å². The minimum Gasteiger partial charge on any atom is -0.371 e. The van der Waals surface area contributed by atoms with Crippen LogP contribution in [0.15, 0.2) is 29.2 Å². The van der Waals surface area contributed by atoms with Crippen molar-refractivity contribution in [2.45, 2.75) is 44.8 Å². The van der Waals surface area contributed by atoms with E-state index in [9.17, 15) is 8.42 Å². The van der Waals surface area contributed by atoms with Gasteiger partial charge in [0.1, 0.15) is 0 Å². The lowest BCUT2D eigenvalue weighted by Gasteiger charge is -2.24. The van der Waals surface area contributed by atoms with Crippen molar-refractivity contribution >= 4 is 19.7 Å². The fourth-order valence-electron chi connectivity index (χ4n) is 1.73. The van der Waals surface area contributed by atoms with Crippen LogP contribution in [0.25, 0.3) is 0 Å². The molecule has 0 bridgehead atoms. The summed E-state index contributed by atoms with van der Waals surface area (Å²) in [5.41, 5.74) is 0.961. The van der Waals surface area contributed by atoms with E-state index < -0.39 is 9.05 Å². The van der Waals surface area contributed by atoms with Crippen molar-refractivity contribution in [2.75, 3.05) is 0 Å². The van der Waals surface area contributed by atoms with E-state index in [1.54, 1.807) is 12.1 Å². The maximum absolute atomic E-state index is 11.2. The lowest BCUT2D eigenvalue weighted by molar-refractivity contribution is -0.0200. The van der Waals surface area contributed by atoms with Crippen LogP contribution in [0.4, 0.5) is 0 Å². The van der Waals surface area contributed by atoms with Crippen molar-refractivity contribution in [2.24, 2.45) is 5.92 Å². The van der Waals surface area contributed by atoms with Gasteiger partial charge in [0, 0.05) is 10.7 Å². The fourth-order valence-corrected chi connectivity index (χ4v) is 2.50. The molecule has 0 aromatic heterocycles. The lowest BCUT2D eigenvalue weighted by atomic mass is 9.99. The monoisotopic (exact) mass is 290 g/mol. The Labute approximate surface area is 114 Å². The summed E-state index contributed by atoms with van der Waals surface area (Å²) in [5.74, 6) is 0.311. The Balaban J connectivity index is 3.01. The smallest absolute Gasteiger partial charge is 0.261 e. The number of halogens is 1. The van der Waals surface area contributed by atoms with Gasteiger partial charge < -0.3 is 4.74 Å². The normalized spacial score (nSPS) is 14.2. The Morgan fingerprint density at radius 2 is 1.56 bits per heavy atom. The summed E-state index contributed by atoms with van der Waals surface area (Å²) in [7, 11) is 1.62. The van der Waals surface area contributed by atoms with Gasteiger partial charge in [-0.2, -0.15) is 0 Å². The molecule has 1 aromatic rings. The van der Waals surface area contributed by atoms with Crippen molar-refractivity contribution in [3.05, 3.63) is 29.8 Å². The van der Waals surface area contributed by atoms with Gasteiger partial charge in [0.05, 0.1) is 17.1 Å². The number of rotatable bonds is 5. The van der Waals surface area contributed by atoms with E-state index >= 15 is 0 Å². The van der Waals surface area contributed by atoms with Gasteiger partial charge in [-0.15, -0.1) is 0 Å². The molecule has 1 aromatic carbocycles. The predicted octanol–water partition coefficient (Wildman–Crippen LogP) is 3.74. The molecule has 0 aliphatic heterocycles. The molecule has 0 amide bonds. The second-order valence-electron chi connectivity index (χ2n) is 4.86. The van der Waals surface area contributed by atoms with E-state index in [0.717, 1.165) is 5.56 Å². The highest BCUT2D eigenvalue weighted by Gasteiger charge is 2.19. The third kappa shape index (κ3) is 4.26. The minimum absolute atomic E-state index is 0.0444. The second-order valence-corrected chi connectivity index (χ2v) is 7.42. The lowest BCUT2D eigenvalue weighted by Crippen LogP contribution is -2.15. The highest BCUT2D eigenvalue weighted by atomic mass is 35.7. The molecule has 0 aliphatic carbocycles. The molecule has 1 atom stereocenters. The van der Waals surface area contributed by atoms with Crippen molar-refractivity contribution < 1.29 is 13.2 Å². The first-order valence-corrected chi connectivity index (χ1v) is 8.23. The van der Waals surface area contributed by atoms with Crippen LogP contribution in [0.5, 0.6) is 0 Å². The van der Waals surface area contributed by atoms with E-state index in [1.165, 1.54) is 12.1 Å². The Hall–Kier alpha value is -0.580. The molecule has 102 valence electrons. The van der Waals surface area contributed by atoms with E-state index in [-0.39, 0.29) is 17.1 Å². The van der Waals surface area contributed by atoms with Gasteiger partial charge in [-0.05, 0) is 37.5 Å². The molecule has 5 heteroatoms. The van der Waals surface area contributed by atoms with E-state index in [2.05, 4.69) is 13.8 Å². The Kier molecular flexibility index (Phi) is 5.20. The number of hydrogen-bond donors (Lipinski definition) is 0. The molecule has 18 heavy (non-hydrogen) atoms. The summed E-state index contributed by atoms with van der Waals surface area (Å²) >= 11 is 0. The highest BCUT2D eigenvalue weighted by Crippen LogP contribution is 2.28. The van der Waals surface area contributed by atoms with E-state index in [4.69, 9.17) is 15.4 Å². The molecule has 0 radical (unpaired) electrons. The molecule has 0 N–H and O–H groups in total. The van der Waals surface area contributed by atoms with Crippen LogP contribution in [0.3, 0.4) is 0 Å². The summed E-state index contributed by atoms with van der Waals surface area (Å²) in [5, 5.41) is 0. The Morgan fingerprint density at radius 1 is 1.06 bits per heavy atom. The third-order valence-electron chi connectivity index (χ3n) is 2.51. The first kappa shape index (κ1) is 15.5. The molecule has 3 nitrogen and oxygen atoms in total. The van der Waals surface area contributed by atoms with Crippen LogP contribution in [-0.4, -0.2) is 14.5 Å². The SMILES string of the molecule is CC(C)OC(c1ccc(S(=O)(=O)Cl)cc1)C(C)C. The van der Waals surface area contributed by atoms with Gasteiger partial charge >= 0.3 is 0 Å². The zero-order chi connectivity index (χ0) is 13.9. The Bertz CT molecular complexity index is 477. The number of ether oxygens (including phenoxy) is 1. The average molecular weight is 291 g/mol. The summed E-state index contributed by atoms with van der Waals surface area (Å²) in [6, 6.07) is 6.53. The molecular formula is C13H19ClO3S. The van der Waals surface area contributed by atoms with Gasteiger partial charge in [0.25, 0.3) is 9.05 Å². The zero-order valence-electron chi connectivity index (χ0n) is 11.1. The first-order valence-electron chi connectivity index (χ1n) is 5.92. The quantitative estimate of drug-likeness (QED) is 0.776. The molecule has 1 unspecified atom stereocenters. The van der Waals surface area contributed by atoms with Gasteiger partial charge in [-0.1, -0.05) is 26.0 Å². The van der Waals surface area contributed by atoms with Crippen molar-refractivity contribution in [3.63, 3.8) is 0 Å². The summed E-state index contributed by atoms with van der Waals surface area (Å²) < 4.78 is 28.2. The predicted molar refractivity (Wildman–Crippen MR) is 73.3 cm³/mol. The molecule has 0 saturated heterocycles. The van der Waals surface area contributed by atoms with Gasteiger partial charge in [-0.25, -0.2) is 8.42 Å².